The first kappa shape index (κ1) is 19.9. The van der Waals surface area contributed by atoms with Gasteiger partial charge in [0.25, 0.3) is 5.91 Å². The monoisotopic (exact) mass is 469 g/mol. The third-order valence-electron chi connectivity index (χ3n) is 4.54. The number of halogens is 2. The van der Waals surface area contributed by atoms with E-state index >= 15 is 0 Å². The summed E-state index contributed by atoms with van der Waals surface area (Å²) in [6.07, 6.45) is 1.57. The van der Waals surface area contributed by atoms with Gasteiger partial charge in [-0.25, -0.2) is 9.37 Å². The molecule has 4 rings (SSSR count). The molecule has 1 amide bonds. The summed E-state index contributed by atoms with van der Waals surface area (Å²) in [6, 6.07) is 12.7. The number of furan rings is 1. The van der Waals surface area contributed by atoms with Gasteiger partial charge in [-0.05, 0) is 52.3 Å². The number of amides is 1. The van der Waals surface area contributed by atoms with E-state index < -0.39 is 0 Å². The van der Waals surface area contributed by atoms with Crippen LogP contribution in [-0.2, 0) is 0 Å². The summed E-state index contributed by atoms with van der Waals surface area (Å²) in [5.74, 6) is 0.606. The van der Waals surface area contributed by atoms with Crippen LogP contribution in [0.3, 0.4) is 0 Å². The topological polar surface area (TPSA) is 76.4 Å². The van der Waals surface area contributed by atoms with E-state index in [1.165, 1.54) is 24.3 Å². The van der Waals surface area contributed by atoms with Gasteiger partial charge in [0.05, 0.1) is 11.3 Å². The van der Waals surface area contributed by atoms with Gasteiger partial charge in [0.15, 0.2) is 0 Å². The molecular weight excluding hydrogens is 453 g/mol. The van der Waals surface area contributed by atoms with Crippen molar-refractivity contribution in [3.8, 4) is 23.0 Å². The smallest absolute Gasteiger partial charge is 0.255 e. The molecule has 0 atom stereocenters. The first-order valence-electron chi connectivity index (χ1n) is 9.06. The molecule has 2 aromatic heterocycles. The average molecular weight is 470 g/mol. The number of pyridine rings is 1. The molecule has 2 aromatic carbocycles. The fourth-order valence-electron chi connectivity index (χ4n) is 3.06. The molecule has 0 radical (unpaired) electrons. The number of hydrogen-bond donors (Lipinski definition) is 2. The normalized spacial score (nSPS) is 10.8. The molecule has 0 bridgehead atoms. The number of hydrogen-bond acceptors (Lipinski definition) is 5. The Hall–Kier alpha value is -3.39. The van der Waals surface area contributed by atoms with Gasteiger partial charge in [0.2, 0.25) is 5.88 Å². The summed E-state index contributed by atoms with van der Waals surface area (Å²) in [4.78, 5) is 16.9. The lowest BCUT2D eigenvalue weighted by Crippen LogP contribution is -2.18. The summed E-state index contributed by atoms with van der Waals surface area (Å²) >= 11 is 3.51. The maximum absolute atomic E-state index is 13.0. The minimum absolute atomic E-state index is 0.264. The molecule has 0 unspecified atom stereocenters. The van der Waals surface area contributed by atoms with Crippen LogP contribution in [0.2, 0.25) is 0 Å². The summed E-state index contributed by atoms with van der Waals surface area (Å²) in [5, 5.41) is 6.42. The summed E-state index contributed by atoms with van der Waals surface area (Å²) in [6.45, 7) is 0. The van der Waals surface area contributed by atoms with Gasteiger partial charge in [-0.15, -0.1) is 0 Å². The summed E-state index contributed by atoms with van der Waals surface area (Å²) in [7, 11) is 3.37. The predicted molar refractivity (Wildman–Crippen MR) is 117 cm³/mol. The number of rotatable bonds is 5. The van der Waals surface area contributed by atoms with E-state index in [-0.39, 0.29) is 11.7 Å². The Morgan fingerprint density at radius 3 is 2.53 bits per heavy atom. The maximum Gasteiger partial charge on any atom is 0.255 e. The van der Waals surface area contributed by atoms with Gasteiger partial charge < -0.3 is 19.8 Å². The third kappa shape index (κ3) is 3.73. The van der Waals surface area contributed by atoms with Gasteiger partial charge in [-0.1, -0.05) is 0 Å². The second-order valence-corrected chi connectivity index (χ2v) is 7.26. The van der Waals surface area contributed by atoms with Crippen LogP contribution in [0, 0.1) is 5.82 Å². The van der Waals surface area contributed by atoms with Crippen molar-refractivity contribution in [2.75, 3.05) is 19.4 Å². The highest BCUT2D eigenvalue weighted by Crippen LogP contribution is 2.38. The minimum Gasteiger partial charge on any atom is -0.455 e. The number of carbonyl (C=O) groups excluding carboxylic acids is 1. The number of benzene rings is 2. The van der Waals surface area contributed by atoms with E-state index in [1.807, 2.05) is 12.1 Å². The summed E-state index contributed by atoms with van der Waals surface area (Å²) in [5.41, 5.74) is 2.46. The molecule has 0 aliphatic carbocycles. The number of nitrogens with one attached hydrogen (secondary N) is 2. The van der Waals surface area contributed by atoms with Crippen molar-refractivity contribution in [2.24, 2.45) is 0 Å². The molecule has 2 N–H and O–H groups in total. The van der Waals surface area contributed by atoms with Gasteiger partial charge in [-0.2, -0.15) is 0 Å². The second-order valence-electron chi connectivity index (χ2n) is 6.40. The number of ether oxygens (including phenoxy) is 1. The highest BCUT2D eigenvalue weighted by Gasteiger charge is 2.23. The zero-order chi connectivity index (χ0) is 21.3. The fourth-order valence-corrected chi connectivity index (χ4v) is 3.60. The Morgan fingerprint density at radius 2 is 1.90 bits per heavy atom. The van der Waals surface area contributed by atoms with Crippen LogP contribution in [0.4, 0.5) is 10.1 Å². The number of carbonyl (C=O) groups is 1. The van der Waals surface area contributed by atoms with Crippen LogP contribution in [0.15, 0.2) is 63.6 Å². The molecule has 0 aliphatic heterocycles. The lowest BCUT2D eigenvalue weighted by Gasteiger charge is -2.06. The lowest BCUT2D eigenvalue weighted by atomic mass is 10.1. The van der Waals surface area contributed by atoms with Gasteiger partial charge in [-0.3, -0.25) is 4.79 Å². The number of anilines is 1. The molecule has 8 heteroatoms. The van der Waals surface area contributed by atoms with Crippen molar-refractivity contribution < 1.29 is 18.3 Å². The van der Waals surface area contributed by atoms with Crippen LogP contribution in [0.1, 0.15) is 10.4 Å². The Kier molecular flexibility index (Phi) is 5.41. The Morgan fingerprint density at radius 1 is 1.13 bits per heavy atom. The number of aromatic nitrogens is 1. The molecule has 152 valence electrons. The second kappa shape index (κ2) is 8.16. The van der Waals surface area contributed by atoms with Crippen molar-refractivity contribution in [3.63, 3.8) is 0 Å². The fraction of sp³-hybridized carbons (Fsp3) is 0.0909. The average Bonchev–Trinajstić information content (AvgIpc) is 3.12. The summed E-state index contributed by atoms with van der Waals surface area (Å²) < 4.78 is 25.5. The minimum atomic E-state index is -0.342. The molecule has 2 heterocycles. The van der Waals surface area contributed by atoms with E-state index in [0.29, 0.717) is 39.5 Å². The molecule has 4 aromatic rings. The van der Waals surface area contributed by atoms with Crippen molar-refractivity contribution in [2.45, 2.75) is 0 Å². The van der Waals surface area contributed by atoms with Crippen LogP contribution in [0.5, 0.6) is 11.6 Å². The standard InChI is InChI=1S/C22H17BrFN3O3/c1-25-17-10-18-15(9-16(17)23)20(22(28)26-2)21(30-18)12-3-8-19(27-11-12)29-14-6-4-13(24)5-7-14/h3-11,25H,1-2H3,(H,26,28). The highest BCUT2D eigenvalue weighted by atomic mass is 79.9. The molecule has 0 aliphatic rings. The van der Waals surface area contributed by atoms with E-state index in [1.54, 1.807) is 32.4 Å². The first-order valence-corrected chi connectivity index (χ1v) is 9.85. The third-order valence-corrected chi connectivity index (χ3v) is 5.19. The van der Waals surface area contributed by atoms with Gasteiger partial charge >= 0.3 is 0 Å². The van der Waals surface area contributed by atoms with Gasteiger partial charge in [0.1, 0.15) is 22.9 Å². The zero-order valence-corrected chi connectivity index (χ0v) is 17.7. The SMILES string of the molecule is CNC(=O)c1c(-c2ccc(Oc3ccc(F)cc3)nc2)oc2cc(NC)c(Br)cc12. The van der Waals surface area contributed by atoms with Crippen molar-refractivity contribution in [1.29, 1.82) is 0 Å². The molecule has 0 fully saturated rings. The predicted octanol–water partition coefficient (Wildman–Crippen LogP) is 5.59. The van der Waals surface area contributed by atoms with E-state index in [9.17, 15) is 9.18 Å². The van der Waals surface area contributed by atoms with Crippen LogP contribution in [0.25, 0.3) is 22.3 Å². The van der Waals surface area contributed by atoms with Gasteiger partial charge in [0, 0.05) is 47.8 Å². The lowest BCUT2D eigenvalue weighted by molar-refractivity contribution is 0.0964. The Bertz CT molecular complexity index is 1220. The quantitative estimate of drug-likeness (QED) is 0.398. The first-order chi connectivity index (χ1) is 14.5. The van der Waals surface area contributed by atoms with Crippen LogP contribution < -0.4 is 15.4 Å². The van der Waals surface area contributed by atoms with Crippen LogP contribution >= 0.6 is 15.9 Å². The highest BCUT2D eigenvalue weighted by molar-refractivity contribution is 9.10. The molecule has 30 heavy (non-hydrogen) atoms. The van der Waals surface area contributed by atoms with E-state index in [2.05, 4.69) is 31.5 Å². The molecule has 6 nitrogen and oxygen atoms in total. The van der Waals surface area contributed by atoms with Crippen molar-refractivity contribution >= 4 is 38.5 Å². The maximum atomic E-state index is 13.0. The van der Waals surface area contributed by atoms with Crippen molar-refractivity contribution in [1.82, 2.24) is 10.3 Å². The Balaban J connectivity index is 1.74. The molecule has 0 saturated carbocycles. The zero-order valence-electron chi connectivity index (χ0n) is 16.1. The number of nitrogens with zero attached hydrogens (tertiary/aromatic N) is 1. The molecular formula is C22H17BrFN3O3. The van der Waals surface area contributed by atoms with E-state index in [4.69, 9.17) is 9.15 Å². The largest absolute Gasteiger partial charge is 0.455 e. The molecule has 0 spiro atoms. The Labute approximate surface area is 180 Å². The van der Waals surface area contributed by atoms with Crippen LogP contribution in [-0.4, -0.2) is 25.0 Å². The molecule has 0 saturated heterocycles. The number of fused-ring (bicyclic) bond motifs is 1. The van der Waals surface area contributed by atoms with Crippen molar-refractivity contribution in [3.05, 3.63) is 70.6 Å². The van der Waals surface area contributed by atoms with E-state index in [0.717, 1.165) is 10.2 Å².